The van der Waals surface area contributed by atoms with Crippen LogP contribution in [0.4, 0.5) is 13.2 Å². The fraction of sp³-hybridized carbons (Fsp3) is 0.727. The summed E-state index contributed by atoms with van der Waals surface area (Å²) in [5.41, 5.74) is -2.57. The van der Waals surface area contributed by atoms with E-state index in [2.05, 4.69) is 9.47 Å². The molecule has 1 aliphatic heterocycles. The lowest BCUT2D eigenvalue weighted by Crippen LogP contribution is -2.45. The Bertz CT molecular complexity index is 795. The Morgan fingerprint density at radius 3 is 1.44 bits per heavy atom. The Kier molecular flexibility index (Phi) is 13.1. The zero-order chi connectivity index (χ0) is 27.6. The van der Waals surface area contributed by atoms with Crippen molar-refractivity contribution in [3.8, 4) is 12.1 Å². The number of hydrogen-bond donors (Lipinski definition) is 0. The molecule has 2 amide bonds. The monoisotopic (exact) mass is 491 g/mol. The van der Waals surface area contributed by atoms with Crippen LogP contribution in [0.1, 0.15) is 41.5 Å². The first-order chi connectivity index (χ1) is 15.4. The second-order valence-corrected chi connectivity index (χ2v) is 8.08. The van der Waals surface area contributed by atoms with Gasteiger partial charge >= 0.3 is 18.1 Å². The number of alkyl halides is 3. The lowest BCUT2D eigenvalue weighted by molar-refractivity contribution is -0.223. The molecule has 1 heterocycles. The normalized spacial score (nSPS) is 22.9. The minimum atomic E-state index is -4.69. The van der Waals surface area contributed by atoms with E-state index in [0.29, 0.717) is 4.90 Å². The molecule has 0 saturated carbocycles. The van der Waals surface area contributed by atoms with Gasteiger partial charge in [0.2, 0.25) is 11.8 Å². The minimum absolute atomic E-state index is 0.139. The zero-order valence-electron chi connectivity index (χ0n) is 20.8. The van der Waals surface area contributed by atoms with Crippen LogP contribution in [-0.2, 0) is 28.7 Å². The van der Waals surface area contributed by atoms with Gasteiger partial charge in [0, 0.05) is 7.05 Å². The number of imide groups is 1. The summed E-state index contributed by atoms with van der Waals surface area (Å²) in [6, 6.07) is 3.99. The lowest BCUT2D eigenvalue weighted by atomic mass is 9.79. The molecule has 0 aliphatic carbocycles. The number of esters is 2. The van der Waals surface area contributed by atoms with E-state index in [1.54, 1.807) is 27.7 Å². The predicted molar refractivity (Wildman–Crippen MR) is 113 cm³/mol. The van der Waals surface area contributed by atoms with E-state index in [-0.39, 0.29) is 11.8 Å². The molecular weight excluding hydrogens is 459 g/mol. The van der Waals surface area contributed by atoms with Gasteiger partial charge in [-0.05, 0) is 20.8 Å². The Hall–Kier alpha value is -3.15. The van der Waals surface area contributed by atoms with Crippen LogP contribution in [0.5, 0.6) is 0 Å². The standard InChI is InChI=1S/C8H10F3NO2.C8H14O4.C6H8N2/c1-4-5(13)12(3)6(14)7(4,2)8(9,10)11;1-5(7(9)11-3)6(2)8(10)12-4;1-5(3-7)6(2)4-8/h4H,1-3H3;5-6H,1-4H3;5-6H,1-2H3. The van der Waals surface area contributed by atoms with Crippen molar-refractivity contribution in [2.75, 3.05) is 21.3 Å². The molecular formula is C22H32F3N3O6. The molecule has 1 saturated heterocycles. The van der Waals surface area contributed by atoms with Crippen molar-refractivity contribution in [3.05, 3.63) is 0 Å². The summed E-state index contributed by atoms with van der Waals surface area (Å²) < 4.78 is 46.7. The summed E-state index contributed by atoms with van der Waals surface area (Å²) in [4.78, 5) is 44.9. The second kappa shape index (κ2) is 13.5. The topological polar surface area (TPSA) is 138 Å². The van der Waals surface area contributed by atoms with E-state index in [9.17, 15) is 32.3 Å². The Morgan fingerprint density at radius 1 is 0.971 bits per heavy atom. The van der Waals surface area contributed by atoms with E-state index < -0.39 is 53.1 Å². The van der Waals surface area contributed by atoms with Crippen molar-refractivity contribution >= 4 is 23.8 Å². The lowest BCUT2D eigenvalue weighted by Gasteiger charge is -2.27. The van der Waals surface area contributed by atoms with Crippen LogP contribution in [0, 0.1) is 57.7 Å². The largest absolute Gasteiger partial charge is 0.469 e. The number of halogens is 3. The molecule has 0 bridgehead atoms. The zero-order valence-corrected chi connectivity index (χ0v) is 20.8. The number of ether oxygens (including phenoxy) is 2. The summed E-state index contributed by atoms with van der Waals surface area (Å²) in [6.07, 6.45) is -4.69. The van der Waals surface area contributed by atoms with Gasteiger partial charge in [-0.2, -0.15) is 23.7 Å². The molecule has 1 fully saturated rings. The summed E-state index contributed by atoms with van der Waals surface area (Å²) >= 11 is 0. The quantitative estimate of drug-likeness (QED) is 0.432. The molecule has 0 aromatic heterocycles. The molecule has 1 aliphatic rings. The van der Waals surface area contributed by atoms with Crippen molar-refractivity contribution in [1.82, 2.24) is 4.90 Å². The number of amides is 2. The number of carbonyl (C=O) groups is 4. The average Bonchev–Trinajstić information content (AvgIpc) is 2.97. The van der Waals surface area contributed by atoms with Crippen molar-refractivity contribution in [2.24, 2.45) is 35.0 Å². The van der Waals surface area contributed by atoms with Crippen LogP contribution >= 0.6 is 0 Å². The van der Waals surface area contributed by atoms with E-state index in [1.807, 2.05) is 12.1 Å². The number of nitrogens with zero attached hydrogens (tertiary/aromatic N) is 3. The molecule has 1 rings (SSSR count). The van der Waals surface area contributed by atoms with Gasteiger partial charge in [0.1, 0.15) is 0 Å². The maximum Gasteiger partial charge on any atom is 0.403 e. The third kappa shape index (κ3) is 7.72. The van der Waals surface area contributed by atoms with Crippen LogP contribution in [0.15, 0.2) is 0 Å². The first kappa shape index (κ1) is 33.0. The average molecular weight is 492 g/mol. The third-order valence-electron chi connectivity index (χ3n) is 5.96. The molecule has 0 N–H and O–H groups in total. The van der Waals surface area contributed by atoms with E-state index in [1.165, 1.54) is 14.2 Å². The Morgan fingerprint density at radius 2 is 1.29 bits per heavy atom. The molecule has 12 heteroatoms. The Balaban J connectivity index is 0. The van der Waals surface area contributed by atoms with Crippen molar-refractivity contribution < 1.29 is 41.8 Å². The van der Waals surface area contributed by atoms with Gasteiger partial charge in [0.25, 0.3) is 0 Å². The second-order valence-electron chi connectivity index (χ2n) is 8.08. The van der Waals surface area contributed by atoms with Gasteiger partial charge in [-0.15, -0.1) is 0 Å². The summed E-state index contributed by atoms with van der Waals surface area (Å²) in [5.74, 6) is -5.29. The highest BCUT2D eigenvalue weighted by Gasteiger charge is 2.67. The molecule has 0 radical (unpaired) electrons. The third-order valence-corrected chi connectivity index (χ3v) is 5.96. The molecule has 0 aromatic rings. The SMILES string of the molecule is CC(C#N)C(C)C#N.CC1C(=O)N(C)C(=O)C1(C)C(F)(F)F.COC(=O)C(C)C(C)C(=O)OC. The molecule has 6 unspecified atom stereocenters. The summed E-state index contributed by atoms with van der Waals surface area (Å²) in [5, 5.41) is 16.5. The van der Waals surface area contributed by atoms with Gasteiger partial charge in [-0.3, -0.25) is 24.1 Å². The van der Waals surface area contributed by atoms with E-state index >= 15 is 0 Å². The molecule has 0 spiro atoms. The Labute approximate surface area is 197 Å². The first-order valence-electron chi connectivity index (χ1n) is 10.2. The van der Waals surface area contributed by atoms with Crippen molar-refractivity contribution in [2.45, 2.75) is 47.7 Å². The first-order valence-corrected chi connectivity index (χ1v) is 10.2. The maximum atomic E-state index is 12.6. The number of hydrogen-bond acceptors (Lipinski definition) is 8. The predicted octanol–water partition coefficient (Wildman–Crippen LogP) is 3.10. The fourth-order valence-electron chi connectivity index (χ4n) is 2.54. The van der Waals surface area contributed by atoms with Crippen LogP contribution < -0.4 is 0 Å². The fourth-order valence-corrected chi connectivity index (χ4v) is 2.54. The maximum absolute atomic E-state index is 12.6. The minimum Gasteiger partial charge on any atom is -0.469 e. The van der Waals surface area contributed by atoms with Crippen LogP contribution in [0.2, 0.25) is 0 Å². The van der Waals surface area contributed by atoms with Crippen molar-refractivity contribution in [1.29, 1.82) is 10.5 Å². The van der Waals surface area contributed by atoms with E-state index in [0.717, 1.165) is 20.9 Å². The number of carbonyl (C=O) groups excluding carboxylic acids is 4. The number of nitriles is 2. The van der Waals surface area contributed by atoms with Gasteiger partial charge in [0.15, 0.2) is 5.41 Å². The van der Waals surface area contributed by atoms with Gasteiger partial charge in [-0.1, -0.05) is 20.8 Å². The smallest absolute Gasteiger partial charge is 0.403 e. The molecule has 34 heavy (non-hydrogen) atoms. The number of methoxy groups -OCH3 is 2. The molecule has 6 atom stereocenters. The van der Waals surface area contributed by atoms with Crippen LogP contribution in [0.3, 0.4) is 0 Å². The molecule has 0 aromatic carbocycles. The van der Waals surface area contributed by atoms with E-state index in [4.69, 9.17) is 10.5 Å². The van der Waals surface area contributed by atoms with Crippen LogP contribution in [0.25, 0.3) is 0 Å². The highest BCUT2D eigenvalue weighted by Crippen LogP contribution is 2.49. The van der Waals surface area contributed by atoms with Crippen molar-refractivity contribution in [3.63, 3.8) is 0 Å². The number of rotatable bonds is 4. The summed E-state index contributed by atoms with van der Waals surface area (Å²) in [7, 11) is 3.66. The molecule has 192 valence electrons. The van der Waals surface area contributed by atoms with Gasteiger partial charge in [0.05, 0.1) is 55.9 Å². The van der Waals surface area contributed by atoms with Crippen LogP contribution in [-0.4, -0.2) is 56.1 Å². The molecule has 9 nitrogen and oxygen atoms in total. The van der Waals surface area contributed by atoms with Gasteiger partial charge < -0.3 is 9.47 Å². The highest BCUT2D eigenvalue weighted by molar-refractivity contribution is 6.07. The highest BCUT2D eigenvalue weighted by atomic mass is 19.4. The summed E-state index contributed by atoms with van der Waals surface area (Å²) in [6.45, 7) is 8.64. The number of likely N-dealkylation sites (tertiary alicyclic amines) is 1. The van der Waals surface area contributed by atoms with Gasteiger partial charge in [-0.25, -0.2) is 0 Å².